The molecule has 7 heteroatoms. The van der Waals surface area contributed by atoms with E-state index in [4.69, 9.17) is 4.74 Å². The Kier molecular flexibility index (Phi) is 6.36. The third-order valence-corrected chi connectivity index (χ3v) is 4.87. The number of ether oxygens (including phenoxy) is 1. The summed E-state index contributed by atoms with van der Waals surface area (Å²) in [4.78, 5) is 27.9. The fraction of sp³-hybridized carbons (Fsp3) is 0.238. The maximum atomic E-state index is 12.7. The van der Waals surface area contributed by atoms with Crippen LogP contribution in [0.2, 0.25) is 0 Å². The van der Waals surface area contributed by atoms with E-state index in [9.17, 15) is 14.7 Å². The van der Waals surface area contributed by atoms with Crippen LogP contribution in [0.4, 0.5) is 4.79 Å². The molecule has 1 saturated heterocycles. The van der Waals surface area contributed by atoms with E-state index in [1.807, 2.05) is 42.5 Å². The maximum absolute atomic E-state index is 12.7. The molecule has 6 nitrogen and oxygen atoms in total. The number of hydrogen-bond acceptors (Lipinski definition) is 4. The van der Waals surface area contributed by atoms with Crippen LogP contribution in [0.15, 0.2) is 65.3 Å². The summed E-state index contributed by atoms with van der Waals surface area (Å²) in [7, 11) is 0. The van der Waals surface area contributed by atoms with Gasteiger partial charge in [0.1, 0.15) is 24.7 Å². The van der Waals surface area contributed by atoms with Crippen molar-refractivity contribution in [3.05, 3.63) is 76.5 Å². The summed E-state index contributed by atoms with van der Waals surface area (Å²) in [6.07, 6.45) is 0.621. The van der Waals surface area contributed by atoms with Gasteiger partial charge in [-0.25, -0.2) is 4.79 Å². The number of carbonyl (C=O) groups excluding carboxylic acids is 2. The van der Waals surface area contributed by atoms with E-state index in [0.29, 0.717) is 18.7 Å². The van der Waals surface area contributed by atoms with Crippen LogP contribution in [0.1, 0.15) is 11.1 Å². The van der Waals surface area contributed by atoms with Crippen LogP contribution >= 0.6 is 15.9 Å². The summed E-state index contributed by atoms with van der Waals surface area (Å²) in [5.74, 6) is 0.233. The molecule has 2 aromatic carbocycles. The van der Waals surface area contributed by atoms with Crippen LogP contribution in [-0.4, -0.2) is 46.5 Å². The summed E-state index contributed by atoms with van der Waals surface area (Å²) in [6.45, 7) is 3.99. The number of benzene rings is 2. The van der Waals surface area contributed by atoms with Gasteiger partial charge in [0.25, 0.3) is 0 Å². The van der Waals surface area contributed by atoms with Crippen molar-refractivity contribution in [3.63, 3.8) is 0 Å². The van der Waals surface area contributed by atoms with Crippen LogP contribution in [0, 0.1) is 0 Å². The molecule has 3 amide bonds. The predicted molar refractivity (Wildman–Crippen MR) is 109 cm³/mol. The molecule has 0 radical (unpaired) electrons. The van der Waals surface area contributed by atoms with E-state index in [-0.39, 0.29) is 37.4 Å². The second-order valence-corrected chi connectivity index (χ2v) is 7.44. The Labute approximate surface area is 172 Å². The van der Waals surface area contributed by atoms with Crippen LogP contribution in [0.25, 0.3) is 0 Å². The molecule has 146 valence electrons. The Morgan fingerprint density at radius 1 is 1.18 bits per heavy atom. The van der Waals surface area contributed by atoms with Crippen molar-refractivity contribution in [1.82, 2.24) is 9.80 Å². The van der Waals surface area contributed by atoms with Gasteiger partial charge in [-0.3, -0.25) is 9.69 Å². The number of hydrogen-bond donors (Lipinski definition) is 1. The quantitative estimate of drug-likeness (QED) is 0.494. The average molecular weight is 445 g/mol. The highest BCUT2D eigenvalue weighted by atomic mass is 79.9. The third-order valence-electron chi connectivity index (χ3n) is 4.37. The van der Waals surface area contributed by atoms with E-state index in [1.165, 1.54) is 9.80 Å². The minimum Gasteiger partial charge on any atom is -0.509 e. The highest BCUT2D eigenvalue weighted by Gasteiger charge is 2.35. The first kappa shape index (κ1) is 19.9. The topological polar surface area (TPSA) is 70.1 Å². The lowest BCUT2D eigenvalue weighted by Crippen LogP contribution is -2.34. The Hall–Kier alpha value is -2.80. The Bertz CT molecular complexity index is 885. The van der Waals surface area contributed by atoms with Crippen molar-refractivity contribution >= 4 is 27.9 Å². The molecule has 3 rings (SSSR count). The number of aliphatic hydroxyl groups is 1. The number of rotatable bonds is 8. The van der Waals surface area contributed by atoms with E-state index >= 15 is 0 Å². The van der Waals surface area contributed by atoms with E-state index in [0.717, 1.165) is 15.6 Å². The largest absolute Gasteiger partial charge is 0.509 e. The molecular formula is C21H21BrN2O4. The summed E-state index contributed by atoms with van der Waals surface area (Å²) in [6, 6.07) is 14.8. The molecule has 2 aromatic rings. The molecule has 0 unspecified atom stereocenters. The van der Waals surface area contributed by atoms with E-state index < -0.39 is 0 Å². The van der Waals surface area contributed by atoms with Crippen molar-refractivity contribution in [2.45, 2.75) is 13.0 Å². The number of urea groups is 1. The smallest absolute Gasteiger partial charge is 0.327 e. The predicted octanol–water partition coefficient (Wildman–Crippen LogP) is 3.91. The first-order chi connectivity index (χ1) is 13.4. The zero-order valence-electron chi connectivity index (χ0n) is 15.3. The fourth-order valence-electron chi connectivity index (χ4n) is 3.00. The summed E-state index contributed by atoms with van der Waals surface area (Å²) < 4.78 is 6.38. The first-order valence-electron chi connectivity index (χ1n) is 8.85. The summed E-state index contributed by atoms with van der Waals surface area (Å²) in [5.41, 5.74) is 1.81. The number of nitrogens with zero attached hydrogens (tertiary/aromatic N) is 2. The first-order valence-corrected chi connectivity index (χ1v) is 9.64. The Balaban J connectivity index is 1.68. The molecule has 1 aliphatic heterocycles. The van der Waals surface area contributed by atoms with Gasteiger partial charge in [0.15, 0.2) is 0 Å². The highest BCUT2D eigenvalue weighted by Crippen LogP contribution is 2.26. The van der Waals surface area contributed by atoms with E-state index in [1.54, 1.807) is 6.07 Å². The average Bonchev–Trinajstić information content (AvgIpc) is 2.93. The molecule has 1 N–H and O–H groups in total. The number of aliphatic hydroxyl groups excluding tert-OH is 1. The zero-order valence-corrected chi connectivity index (χ0v) is 16.9. The number of amides is 3. The number of carbonyl (C=O) groups is 2. The second kappa shape index (κ2) is 8.93. The van der Waals surface area contributed by atoms with Crippen molar-refractivity contribution in [2.75, 3.05) is 19.7 Å². The van der Waals surface area contributed by atoms with Gasteiger partial charge in [-0.15, -0.1) is 0 Å². The van der Waals surface area contributed by atoms with Crippen molar-refractivity contribution in [2.24, 2.45) is 0 Å². The third kappa shape index (κ3) is 4.92. The molecule has 1 fully saturated rings. The minimum absolute atomic E-state index is 0.0340. The monoisotopic (exact) mass is 444 g/mol. The SMILES string of the molecule is C=C(O)COc1ccc(Br)cc1CN1CC(=O)N(CCc2ccccc2)C1=O. The Morgan fingerprint density at radius 3 is 2.64 bits per heavy atom. The molecule has 0 aromatic heterocycles. The van der Waals surface area contributed by atoms with Gasteiger partial charge in [-0.05, 0) is 30.2 Å². The van der Waals surface area contributed by atoms with Crippen molar-refractivity contribution in [1.29, 1.82) is 0 Å². The van der Waals surface area contributed by atoms with Gasteiger partial charge >= 0.3 is 6.03 Å². The molecule has 0 saturated carbocycles. The molecule has 1 aliphatic rings. The van der Waals surface area contributed by atoms with Gasteiger partial charge in [0.2, 0.25) is 5.91 Å². The fourth-order valence-corrected chi connectivity index (χ4v) is 3.41. The van der Waals surface area contributed by atoms with Gasteiger partial charge < -0.3 is 14.7 Å². The molecule has 28 heavy (non-hydrogen) atoms. The lowest BCUT2D eigenvalue weighted by Gasteiger charge is -2.19. The maximum Gasteiger partial charge on any atom is 0.327 e. The molecule has 1 heterocycles. The van der Waals surface area contributed by atoms with Gasteiger partial charge in [-0.2, -0.15) is 0 Å². The molecule has 0 bridgehead atoms. The highest BCUT2D eigenvalue weighted by molar-refractivity contribution is 9.10. The zero-order chi connectivity index (χ0) is 20.1. The van der Waals surface area contributed by atoms with Crippen LogP contribution in [0.5, 0.6) is 5.75 Å². The van der Waals surface area contributed by atoms with Gasteiger partial charge in [-0.1, -0.05) is 52.8 Å². The van der Waals surface area contributed by atoms with Crippen LogP contribution < -0.4 is 4.74 Å². The lowest BCUT2D eigenvalue weighted by molar-refractivity contribution is -0.125. The van der Waals surface area contributed by atoms with E-state index in [2.05, 4.69) is 22.5 Å². The Morgan fingerprint density at radius 2 is 1.93 bits per heavy atom. The van der Waals surface area contributed by atoms with Crippen molar-refractivity contribution < 1.29 is 19.4 Å². The molecule has 0 atom stereocenters. The summed E-state index contributed by atoms with van der Waals surface area (Å²) in [5, 5.41) is 9.26. The normalized spacial score (nSPS) is 13.9. The number of imide groups is 1. The summed E-state index contributed by atoms with van der Waals surface area (Å²) >= 11 is 3.41. The minimum atomic E-state index is -0.307. The standard InChI is InChI=1S/C21H21BrN2O4/c1-15(25)14-28-19-8-7-18(22)11-17(19)12-23-13-20(26)24(21(23)27)10-9-16-5-3-2-4-6-16/h2-8,11,25H,1,9-10,12-14H2. The van der Waals surface area contributed by atoms with Gasteiger partial charge in [0, 0.05) is 16.6 Å². The van der Waals surface area contributed by atoms with Crippen LogP contribution in [-0.2, 0) is 17.8 Å². The molecule has 0 aliphatic carbocycles. The number of halogens is 1. The van der Waals surface area contributed by atoms with Crippen molar-refractivity contribution in [3.8, 4) is 5.75 Å². The van der Waals surface area contributed by atoms with Gasteiger partial charge in [0.05, 0.1) is 6.54 Å². The molecular weight excluding hydrogens is 424 g/mol. The molecule has 0 spiro atoms. The lowest BCUT2D eigenvalue weighted by atomic mass is 10.1. The second-order valence-electron chi connectivity index (χ2n) is 6.53. The van der Waals surface area contributed by atoms with Crippen LogP contribution in [0.3, 0.4) is 0 Å².